The lowest BCUT2D eigenvalue weighted by Gasteiger charge is -2.09. The normalized spacial score (nSPS) is 10.5. The van der Waals surface area contributed by atoms with Gasteiger partial charge in [0, 0.05) is 0 Å². The smallest absolute Gasteiger partial charge is 0.156 e. The Bertz CT molecular complexity index is 797. The molecule has 4 nitrogen and oxygen atoms in total. The van der Waals surface area contributed by atoms with Crippen molar-refractivity contribution in [2.45, 2.75) is 6.61 Å². The molecule has 0 saturated carbocycles. The largest absolute Gasteiger partial charge is 0.483 e. The van der Waals surface area contributed by atoms with Crippen molar-refractivity contribution >= 4 is 49.8 Å². The van der Waals surface area contributed by atoms with Gasteiger partial charge in [-0.2, -0.15) is 5.26 Å². The van der Waals surface area contributed by atoms with Crippen LogP contribution < -0.4 is 10.5 Å². The average molecular weight is 407 g/mol. The molecule has 3 aromatic rings. The van der Waals surface area contributed by atoms with Crippen LogP contribution >= 0.6 is 33.9 Å². The molecule has 0 aliphatic carbocycles. The lowest BCUT2D eigenvalue weighted by molar-refractivity contribution is 0.305. The molecule has 1 heterocycles. The van der Waals surface area contributed by atoms with E-state index in [0.717, 1.165) is 18.8 Å². The molecule has 2 aromatic carbocycles. The zero-order valence-electron chi connectivity index (χ0n) is 10.8. The number of nitrogen functional groups attached to an aromatic ring is 1. The first-order valence-electron chi connectivity index (χ1n) is 6.14. The highest BCUT2D eigenvalue weighted by molar-refractivity contribution is 14.1. The number of nitriles is 1. The molecule has 0 fully saturated rings. The van der Waals surface area contributed by atoms with Crippen LogP contribution in [-0.4, -0.2) is 4.98 Å². The fraction of sp³-hybridized carbons (Fsp3) is 0.0667. The van der Waals surface area contributed by atoms with Gasteiger partial charge < -0.3 is 10.5 Å². The minimum absolute atomic E-state index is 0.367. The lowest BCUT2D eigenvalue weighted by Crippen LogP contribution is -2.01. The van der Waals surface area contributed by atoms with E-state index in [1.807, 2.05) is 24.3 Å². The Morgan fingerprint density at radius 2 is 2.14 bits per heavy atom. The number of hydrogen-bond acceptors (Lipinski definition) is 5. The highest BCUT2D eigenvalue weighted by atomic mass is 127. The van der Waals surface area contributed by atoms with Crippen molar-refractivity contribution in [1.82, 2.24) is 4.98 Å². The number of benzene rings is 2. The monoisotopic (exact) mass is 407 g/mol. The molecule has 0 bridgehead atoms. The van der Waals surface area contributed by atoms with Crippen molar-refractivity contribution in [3.63, 3.8) is 0 Å². The summed E-state index contributed by atoms with van der Waals surface area (Å²) in [4.78, 5) is 4.52. The third-order valence-corrected chi connectivity index (χ3v) is 4.69. The maximum atomic E-state index is 8.91. The molecule has 0 unspecified atom stereocenters. The Kier molecular flexibility index (Phi) is 3.94. The number of ether oxygens (including phenoxy) is 1. The summed E-state index contributed by atoms with van der Waals surface area (Å²) in [6.07, 6.45) is 0. The Morgan fingerprint density at radius 3 is 2.86 bits per heavy atom. The lowest BCUT2D eigenvalue weighted by atomic mass is 10.2. The Labute approximate surface area is 139 Å². The number of thiazole rings is 1. The average Bonchev–Trinajstić information content (AvgIpc) is 2.88. The first-order valence-corrected chi connectivity index (χ1v) is 8.03. The molecule has 2 N–H and O–H groups in total. The number of hydrogen-bond donors (Lipinski definition) is 1. The third-order valence-electron chi connectivity index (χ3n) is 2.88. The predicted molar refractivity (Wildman–Crippen MR) is 92.2 cm³/mol. The first-order chi connectivity index (χ1) is 10.2. The zero-order valence-corrected chi connectivity index (χ0v) is 13.8. The summed E-state index contributed by atoms with van der Waals surface area (Å²) < 4.78 is 7.75. The van der Waals surface area contributed by atoms with Gasteiger partial charge in [0.15, 0.2) is 5.75 Å². The molecule has 6 heteroatoms. The SMILES string of the molecule is N#Cc1cc(N)c(OCc2nc3ccccc3s2)c(I)c1. The summed E-state index contributed by atoms with van der Waals surface area (Å²) >= 11 is 3.72. The highest BCUT2D eigenvalue weighted by Gasteiger charge is 2.10. The topological polar surface area (TPSA) is 71.9 Å². The van der Waals surface area contributed by atoms with Crippen molar-refractivity contribution < 1.29 is 4.74 Å². The van der Waals surface area contributed by atoms with Crippen molar-refractivity contribution in [3.05, 3.63) is 50.5 Å². The molecule has 0 amide bonds. The summed E-state index contributed by atoms with van der Waals surface area (Å²) in [5.41, 5.74) is 7.92. The van der Waals surface area contributed by atoms with Crippen LogP contribution in [-0.2, 0) is 6.61 Å². The van der Waals surface area contributed by atoms with Gasteiger partial charge in [-0.3, -0.25) is 0 Å². The van der Waals surface area contributed by atoms with Gasteiger partial charge in [-0.05, 0) is 46.9 Å². The van der Waals surface area contributed by atoms with E-state index < -0.39 is 0 Å². The molecule has 0 atom stereocenters. The summed E-state index contributed by atoms with van der Waals surface area (Å²) in [7, 11) is 0. The zero-order chi connectivity index (χ0) is 14.8. The van der Waals surface area contributed by atoms with Crippen molar-refractivity contribution in [1.29, 1.82) is 5.26 Å². The second-order valence-corrected chi connectivity index (χ2v) is 6.63. The van der Waals surface area contributed by atoms with Gasteiger partial charge in [0.05, 0.1) is 31.1 Å². The number of para-hydroxylation sites is 1. The van der Waals surface area contributed by atoms with E-state index in [2.05, 4.69) is 33.6 Å². The van der Waals surface area contributed by atoms with Crippen LogP contribution in [0.5, 0.6) is 5.75 Å². The number of anilines is 1. The quantitative estimate of drug-likeness (QED) is 0.528. The second-order valence-electron chi connectivity index (χ2n) is 4.35. The molecule has 104 valence electrons. The number of nitrogens with zero attached hydrogens (tertiary/aromatic N) is 2. The van der Waals surface area contributed by atoms with Crippen LogP contribution in [0.1, 0.15) is 10.6 Å². The molecular formula is C15H10IN3OS. The van der Waals surface area contributed by atoms with Gasteiger partial charge in [-0.1, -0.05) is 12.1 Å². The minimum Gasteiger partial charge on any atom is -0.483 e. The summed E-state index contributed by atoms with van der Waals surface area (Å²) in [5, 5.41) is 9.81. The van der Waals surface area contributed by atoms with Crippen molar-refractivity contribution in [2.75, 3.05) is 5.73 Å². The molecule has 1 aromatic heterocycles. The number of rotatable bonds is 3. The molecule has 0 saturated heterocycles. The number of fused-ring (bicyclic) bond motifs is 1. The molecule has 21 heavy (non-hydrogen) atoms. The van der Waals surface area contributed by atoms with E-state index in [1.54, 1.807) is 23.5 Å². The molecule has 0 spiro atoms. The van der Waals surface area contributed by atoms with Gasteiger partial charge in [0.1, 0.15) is 11.6 Å². The maximum Gasteiger partial charge on any atom is 0.156 e. The van der Waals surface area contributed by atoms with E-state index in [9.17, 15) is 0 Å². The number of nitrogens with two attached hydrogens (primary N) is 1. The van der Waals surface area contributed by atoms with E-state index in [0.29, 0.717) is 23.6 Å². The standard InChI is InChI=1S/C15H10IN3OS/c16-10-5-9(7-17)6-11(18)15(10)20-8-14-19-12-3-1-2-4-13(12)21-14/h1-6H,8,18H2. The summed E-state index contributed by atoms with van der Waals surface area (Å²) in [6.45, 7) is 0.367. The number of aromatic nitrogens is 1. The van der Waals surface area contributed by atoms with Gasteiger partial charge in [0.25, 0.3) is 0 Å². The third kappa shape index (κ3) is 2.94. The Hall–Kier alpha value is -1.85. The van der Waals surface area contributed by atoms with Gasteiger partial charge in [-0.15, -0.1) is 11.3 Å². The van der Waals surface area contributed by atoms with Gasteiger partial charge in [-0.25, -0.2) is 4.98 Å². The van der Waals surface area contributed by atoms with Crippen LogP contribution in [0.15, 0.2) is 36.4 Å². The fourth-order valence-electron chi connectivity index (χ4n) is 1.95. The second kappa shape index (κ2) is 5.87. The molecular weight excluding hydrogens is 397 g/mol. The Balaban J connectivity index is 1.83. The first kappa shape index (κ1) is 14.1. The fourth-order valence-corrected chi connectivity index (χ4v) is 3.63. The summed E-state index contributed by atoms with van der Waals surface area (Å²) in [5.74, 6) is 0.605. The predicted octanol–water partition coefficient (Wildman–Crippen LogP) is 3.93. The van der Waals surface area contributed by atoms with E-state index >= 15 is 0 Å². The van der Waals surface area contributed by atoms with Gasteiger partial charge >= 0.3 is 0 Å². The molecule has 0 radical (unpaired) electrons. The Morgan fingerprint density at radius 1 is 1.33 bits per heavy atom. The minimum atomic E-state index is 0.367. The number of halogens is 1. The molecule has 3 rings (SSSR count). The van der Waals surface area contributed by atoms with Crippen LogP contribution in [0.2, 0.25) is 0 Å². The van der Waals surface area contributed by atoms with Crippen LogP contribution in [0.25, 0.3) is 10.2 Å². The maximum absolute atomic E-state index is 8.91. The van der Waals surface area contributed by atoms with Crippen LogP contribution in [0.3, 0.4) is 0 Å². The van der Waals surface area contributed by atoms with Gasteiger partial charge in [0.2, 0.25) is 0 Å². The van der Waals surface area contributed by atoms with E-state index in [4.69, 9.17) is 15.7 Å². The van der Waals surface area contributed by atoms with Crippen LogP contribution in [0.4, 0.5) is 5.69 Å². The summed E-state index contributed by atoms with van der Waals surface area (Å²) in [6, 6.07) is 13.4. The van der Waals surface area contributed by atoms with Crippen LogP contribution in [0, 0.1) is 14.9 Å². The van der Waals surface area contributed by atoms with E-state index in [-0.39, 0.29) is 0 Å². The van der Waals surface area contributed by atoms with E-state index in [1.165, 1.54) is 0 Å². The van der Waals surface area contributed by atoms with Crippen molar-refractivity contribution in [2.24, 2.45) is 0 Å². The molecule has 0 aliphatic heterocycles. The van der Waals surface area contributed by atoms with Crippen molar-refractivity contribution in [3.8, 4) is 11.8 Å². The molecule has 0 aliphatic rings. The highest BCUT2D eigenvalue weighted by Crippen LogP contribution is 2.31.